The van der Waals surface area contributed by atoms with E-state index in [1.807, 2.05) is 60.8 Å². The maximum Gasteiger partial charge on any atom is 0.261 e. The fourth-order valence-corrected chi connectivity index (χ4v) is 4.02. The van der Waals surface area contributed by atoms with Crippen molar-refractivity contribution in [2.24, 2.45) is 0 Å². The van der Waals surface area contributed by atoms with Gasteiger partial charge in [0.2, 0.25) is 5.82 Å². The van der Waals surface area contributed by atoms with E-state index in [1.165, 1.54) is 5.56 Å². The number of hydrogen-bond donors (Lipinski definition) is 0. The predicted octanol–water partition coefficient (Wildman–Crippen LogP) is 4.44. The summed E-state index contributed by atoms with van der Waals surface area (Å²) in [6.45, 7) is 5.46. The fraction of sp³-hybridized carbons (Fsp3) is 0.240. The Morgan fingerprint density at radius 3 is 2.41 bits per heavy atom. The Labute approximate surface area is 187 Å². The molecule has 1 saturated heterocycles. The maximum atomic E-state index is 5.63. The molecule has 0 radical (unpaired) electrons. The predicted molar refractivity (Wildman–Crippen MR) is 125 cm³/mol. The third kappa shape index (κ3) is 3.89. The molecule has 0 atom stereocenters. The van der Waals surface area contributed by atoms with Crippen molar-refractivity contribution in [3.05, 3.63) is 72.4 Å². The summed E-state index contributed by atoms with van der Waals surface area (Å²) in [4.78, 5) is 13.9. The molecule has 1 fully saturated rings. The summed E-state index contributed by atoms with van der Waals surface area (Å²) in [5.74, 6) is 2.83. The molecule has 0 bridgehead atoms. The average Bonchev–Trinajstić information content (AvgIpc) is 3.35. The van der Waals surface area contributed by atoms with Crippen molar-refractivity contribution in [1.29, 1.82) is 0 Å². The third-order valence-electron chi connectivity index (χ3n) is 5.76. The number of rotatable bonds is 5. The Kier molecular flexibility index (Phi) is 5.46. The molecule has 0 saturated carbocycles. The van der Waals surface area contributed by atoms with E-state index in [-0.39, 0.29) is 0 Å². The second-order valence-electron chi connectivity index (χ2n) is 7.81. The van der Waals surface area contributed by atoms with E-state index in [0.717, 1.165) is 54.6 Å². The number of piperazine rings is 1. The highest BCUT2D eigenvalue weighted by Crippen LogP contribution is 2.32. The SMILES string of the molecule is COc1ccccc1N1CCN(c2ncccc2-c2nc(-c3ccc(C)cc3)no2)CC1. The van der Waals surface area contributed by atoms with Gasteiger partial charge >= 0.3 is 0 Å². The van der Waals surface area contributed by atoms with E-state index in [0.29, 0.717) is 11.7 Å². The van der Waals surface area contributed by atoms with E-state index in [1.54, 1.807) is 7.11 Å². The molecule has 2 aromatic carbocycles. The molecule has 0 spiro atoms. The van der Waals surface area contributed by atoms with Gasteiger partial charge in [0.15, 0.2) is 0 Å². The number of aromatic nitrogens is 3. The van der Waals surface area contributed by atoms with Crippen molar-refractivity contribution in [1.82, 2.24) is 15.1 Å². The maximum absolute atomic E-state index is 5.63. The van der Waals surface area contributed by atoms with Crippen LogP contribution in [0.5, 0.6) is 5.75 Å². The molecule has 0 unspecified atom stereocenters. The van der Waals surface area contributed by atoms with Gasteiger partial charge in [0.25, 0.3) is 5.89 Å². The second kappa shape index (κ2) is 8.70. The lowest BCUT2D eigenvalue weighted by atomic mass is 10.1. The summed E-state index contributed by atoms with van der Waals surface area (Å²) in [5, 5.41) is 4.20. The number of benzene rings is 2. The Balaban J connectivity index is 1.36. The van der Waals surface area contributed by atoms with Gasteiger partial charge in [0, 0.05) is 37.9 Å². The van der Waals surface area contributed by atoms with Crippen LogP contribution in [0.15, 0.2) is 71.4 Å². The van der Waals surface area contributed by atoms with E-state index in [9.17, 15) is 0 Å². The number of aryl methyl sites for hydroxylation is 1. The summed E-state index contributed by atoms with van der Waals surface area (Å²) in [6.07, 6.45) is 1.81. The van der Waals surface area contributed by atoms with Crippen LogP contribution in [0.3, 0.4) is 0 Å². The molecule has 1 aliphatic rings. The number of para-hydroxylation sites is 2. The summed E-state index contributed by atoms with van der Waals surface area (Å²) < 4.78 is 11.2. The average molecular weight is 428 g/mol. The molecular formula is C25H25N5O2. The van der Waals surface area contributed by atoms with Gasteiger partial charge in [-0.1, -0.05) is 47.1 Å². The summed E-state index contributed by atoms with van der Waals surface area (Å²) in [7, 11) is 1.71. The van der Waals surface area contributed by atoms with Crippen LogP contribution in [-0.4, -0.2) is 48.4 Å². The number of pyridine rings is 1. The molecule has 0 aliphatic carbocycles. The third-order valence-corrected chi connectivity index (χ3v) is 5.76. The van der Waals surface area contributed by atoms with Crippen molar-refractivity contribution in [3.63, 3.8) is 0 Å². The van der Waals surface area contributed by atoms with Gasteiger partial charge < -0.3 is 19.1 Å². The lowest BCUT2D eigenvalue weighted by Crippen LogP contribution is -2.47. The first-order valence-electron chi connectivity index (χ1n) is 10.7. The standard InChI is InChI=1S/C25H25N5O2/c1-18-9-11-19(12-10-18)23-27-25(32-28-23)20-6-5-13-26-24(20)30-16-14-29(15-17-30)21-7-3-4-8-22(21)31-2/h3-13H,14-17H2,1-2H3. The van der Waals surface area contributed by atoms with Crippen LogP contribution in [0.4, 0.5) is 11.5 Å². The zero-order chi connectivity index (χ0) is 21.9. The summed E-state index contributed by atoms with van der Waals surface area (Å²) in [5.41, 5.74) is 4.10. The van der Waals surface area contributed by atoms with Crippen LogP contribution in [0.25, 0.3) is 22.8 Å². The van der Waals surface area contributed by atoms with Gasteiger partial charge in [-0.25, -0.2) is 4.98 Å². The minimum absolute atomic E-state index is 0.482. The zero-order valence-electron chi connectivity index (χ0n) is 18.2. The van der Waals surface area contributed by atoms with Gasteiger partial charge in [-0.05, 0) is 31.2 Å². The number of anilines is 2. The normalized spacial score (nSPS) is 13.9. The number of ether oxygens (including phenoxy) is 1. The Morgan fingerprint density at radius 2 is 1.62 bits per heavy atom. The van der Waals surface area contributed by atoms with Crippen LogP contribution >= 0.6 is 0 Å². The smallest absolute Gasteiger partial charge is 0.261 e. The van der Waals surface area contributed by atoms with Crippen molar-refractivity contribution in [2.75, 3.05) is 43.1 Å². The van der Waals surface area contributed by atoms with Crippen LogP contribution in [0.2, 0.25) is 0 Å². The molecule has 5 rings (SSSR count). The molecule has 3 heterocycles. The first-order chi connectivity index (χ1) is 15.7. The molecule has 4 aromatic rings. The molecule has 32 heavy (non-hydrogen) atoms. The molecule has 1 aliphatic heterocycles. The Morgan fingerprint density at radius 1 is 0.875 bits per heavy atom. The summed E-state index contributed by atoms with van der Waals surface area (Å²) in [6, 6.07) is 20.1. The van der Waals surface area contributed by atoms with Crippen LogP contribution in [0, 0.1) is 6.92 Å². The fourth-order valence-electron chi connectivity index (χ4n) is 4.02. The van der Waals surface area contributed by atoms with Crippen molar-refractivity contribution >= 4 is 11.5 Å². The minimum Gasteiger partial charge on any atom is -0.495 e. The van der Waals surface area contributed by atoms with Gasteiger partial charge in [0.1, 0.15) is 11.6 Å². The molecule has 0 N–H and O–H groups in total. The van der Waals surface area contributed by atoms with Crippen molar-refractivity contribution in [2.45, 2.75) is 6.92 Å². The molecule has 0 amide bonds. The van der Waals surface area contributed by atoms with E-state index in [4.69, 9.17) is 9.26 Å². The molecule has 162 valence electrons. The highest BCUT2D eigenvalue weighted by Gasteiger charge is 2.24. The largest absolute Gasteiger partial charge is 0.495 e. The Hall–Kier alpha value is -3.87. The van der Waals surface area contributed by atoms with E-state index < -0.39 is 0 Å². The van der Waals surface area contributed by atoms with Crippen LogP contribution in [0.1, 0.15) is 5.56 Å². The van der Waals surface area contributed by atoms with E-state index >= 15 is 0 Å². The number of nitrogens with zero attached hydrogens (tertiary/aromatic N) is 5. The van der Waals surface area contributed by atoms with Crippen LogP contribution in [-0.2, 0) is 0 Å². The number of methoxy groups -OCH3 is 1. The lowest BCUT2D eigenvalue weighted by Gasteiger charge is -2.37. The van der Waals surface area contributed by atoms with Gasteiger partial charge in [-0.2, -0.15) is 4.98 Å². The Bertz CT molecular complexity index is 1200. The first kappa shape index (κ1) is 20.1. The minimum atomic E-state index is 0.482. The zero-order valence-corrected chi connectivity index (χ0v) is 18.2. The lowest BCUT2D eigenvalue weighted by molar-refractivity contribution is 0.413. The highest BCUT2D eigenvalue weighted by molar-refractivity contribution is 5.71. The molecular weight excluding hydrogens is 402 g/mol. The summed E-state index contributed by atoms with van der Waals surface area (Å²) >= 11 is 0. The van der Waals surface area contributed by atoms with Gasteiger partial charge in [-0.15, -0.1) is 0 Å². The van der Waals surface area contributed by atoms with E-state index in [2.05, 4.69) is 37.9 Å². The first-order valence-corrected chi connectivity index (χ1v) is 10.7. The highest BCUT2D eigenvalue weighted by atomic mass is 16.5. The monoisotopic (exact) mass is 427 g/mol. The second-order valence-corrected chi connectivity index (χ2v) is 7.81. The number of hydrogen-bond acceptors (Lipinski definition) is 7. The van der Waals surface area contributed by atoms with Crippen molar-refractivity contribution in [3.8, 4) is 28.6 Å². The van der Waals surface area contributed by atoms with Crippen molar-refractivity contribution < 1.29 is 9.26 Å². The quantitative estimate of drug-likeness (QED) is 0.466. The van der Waals surface area contributed by atoms with Gasteiger partial charge in [0.05, 0.1) is 18.4 Å². The topological polar surface area (TPSA) is 67.5 Å². The van der Waals surface area contributed by atoms with Gasteiger partial charge in [-0.3, -0.25) is 0 Å². The molecule has 2 aromatic heterocycles. The molecule has 7 heteroatoms. The molecule has 7 nitrogen and oxygen atoms in total. The van der Waals surface area contributed by atoms with Crippen LogP contribution < -0.4 is 14.5 Å².